The molecule has 0 radical (unpaired) electrons. The van der Waals surface area contributed by atoms with Crippen LogP contribution in [0, 0.1) is 23.5 Å². The van der Waals surface area contributed by atoms with Gasteiger partial charge in [0.1, 0.15) is 23.2 Å². The summed E-state index contributed by atoms with van der Waals surface area (Å²) in [4.78, 5) is 24.9. The van der Waals surface area contributed by atoms with E-state index in [2.05, 4.69) is 22.9 Å². The minimum Gasteiger partial charge on any atom is -0.350 e. The Hall–Kier alpha value is -1.73. The van der Waals surface area contributed by atoms with Gasteiger partial charge in [0.05, 0.1) is 0 Å². The van der Waals surface area contributed by atoms with Crippen molar-refractivity contribution in [3.05, 3.63) is 35.4 Å². The molecular formula is C18H26ClF2N3O2. The van der Waals surface area contributed by atoms with Crippen molar-refractivity contribution in [1.82, 2.24) is 16.0 Å². The van der Waals surface area contributed by atoms with E-state index in [0.717, 1.165) is 25.1 Å². The van der Waals surface area contributed by atoms with Crippen LogP contribution in [0.15, 0.2) is 18.2 Å². The Morgan fingerprint density at radius 2 is 1.85 bits per heavy atom. The summed E-state index contributed by atoms with van der Waals surface area (Å²) >= 11 is 0. The van der Waals surface area contributed by atoms with Gasteiger partial charge in [0.25, 0.3) is 5.91 Å². The van der Waals surface area contributed by atoms with Gasteiger partial charge in [-0.1, -0.05) is 26.8 Å². The van der Waals surface area contributed by atoms with E-state index in [9.17, 15) is 18.4 Å². The van der Waals surface area contributed by atoms with Gasteiger partial charge >= 0.3 is 0 Å². The SMILES string of the molecule is CC(C)C(NC(=O)c1c(F)cccc1F)C(=O)NC1CNCCC1C.Cl. The summed E-state index contributed by atoms with van der Waals surface area (Å²) in [7, 11) is 0. The first-order valence-electron chi connectivity index (χ1n) is 8.57. The lowest BCUT2D eigenvalue weighted by molar-refractivity contribution is -0.125. The lowest BCUT2D eigenvalue weighted by Gasteiger charge is -2.32. The molecule has 8 heteroatoms. The molecule has 1 saturated heterocycles. The van der Waals surface area contributed by atoms with Crippen LogP contribution in [0.1, 0.15) is 37.6 Å². The third-order valence-electron chi connectivity index (χ3n) is 4.58. The van der Waals surface area contributed by atoms with Gasteiger partial charge in [-0.05, 0) is 36.9 Å². The van der Waals surface area contributed by atoms with Crippen molar-refractivity contribution < 1.29 is 18.4 Å². The lowest BCUT2D eigenvalue weighted by atomic mass is 9.93. The number of nitrogens with one attached hydrogen (secondary N) is 3. The molecule has 0 aromatic heterocycles. The minimum atomic E-state index is -0.953. The quantitative estimate of drug-likeness (QED) is 0.723. The van der Waals surface area contributed by atoms with E-state index in [0.29, 0.717) is 12.5 Å². The van der Waals surface area contributed by atoms with Crippen molar-refractivity contribution >= 4 is 24.2 Å². The molecule has 5 nitrogen and oxygen atoms in total. The normalized spacial score (nSPS) is 20.8. The zero-order valence-corrected chi connectivity index (χ0v) is 16.0. The van der Waals surface area contributed by atoms with Gasteiger partial charge in [-0.3, -0.25) is 9.59 Å². The van der Waals surface area contributed by atoms with Crippen LogP contribution in [0.25, 0.3) is 0 Å². The van der Waals surface area contributed by atoms with Crippen LogP contribution in [0.2, 0.25) is 0 Å². The van der Waals surface area contributed by atoms with Crippen LogP contribution in [-0.2, 0) is 4.79 Å². The molecule has 1 aliphatic heterocycles. The molecule has 1 aromatic rings. The van der Waals surface area contributed by atoms with Crippen LogP contribution in [0.4, 0.5) is 8.78 Å². The number of benzene rings is 1. The number of hydrogen-bond acceptors (Lipinski definition) is 3. The van der Waals surface area contributed by atoms with Crippen molar-refractivity contribution in [2.24, 2.45) is 11.8 Å². The van der Waals surface area contributed by atoms with Crippen LogP contribution in [-0.4, -0.2) is 37.0 Å². The molecule has 0 spiro atoms. The summed E-state index contributed by atoms with van der Waals surface area (Å²) in [6.07, 6.45) is 0.949. The molecule has 3 N–H and O–H groups in total. The molecule has 0 bridgehead atoms. The first-order chi connectivity index (χ1) is 11.8. The van der Waals surface area contributed by atoms with Crippen LogP contribution in [0.5, 0.6) is 0 Å². The number of carbonyl (C=O) groups excluding carboxylic acids is 2. The third-order valence-corrected chi connectivity index (χ3v) is 4.58. The zero-order valence-electron chi connectivity index (χ0n) is 15.1. The van der Waals surface area contributed by atoms with E-state index < -0.39 is 29.1 Å². The molecule has 1 fully saturated rings. The maximum absolute atomic E-state index is 13.8. The van der Waals surface area contributed by atoms with Crippen molar-refractivity contribution in [2.75, 3.05) is 13.1 Å². The van der Waals surface area contributed by atoms with Gasteiger partial charge < -0.3 is 16.0 Å². The molecule has 0 saturated carbocycles. The highest BCUT2D eigenvalue weighted by atomic mass is 35.5. The molecule has 3 unspecified atom stereocenters. The first kappa shape index (κ1) is 22.3. The molecule has 2 rings (SSSR count). The molecule has 146 valence electrons. The second-order valence-electron chi connectivity index (χ2n) is 6.88. The Morgan fingerprint density at radius 3 is 2.38 bits per heavy atom. The van der Waals surface area contributed by atoms with E-state index in [1.54, 1.807) is 13.8 Å². The molecule has 1 aliphatic rings. The summed E-state index contributed by atoms with van der Waals surface area (Å²) < 4.78 is 27.5. The molecule has 26 heavy (non-hydrogen) atoms. The lowest BCUT2D eigenvalue weighted by Crippen LogP contribution is -2.57. The highest BCUT2D eigenvalue weighted by Crippen LogP contribution is 2.15. The molecule has 0 aliphatic carbocycles. The maximum atomic E-state index is 13.8. The summed E-state index contributed by atoms with van der Waals surface area (Å²) in [6.45, 7) is 7.16. The molecule has 1 aromatic carbocycles. The van der Waals surface area contributed by atoms with E-state index in [4.69, 9.17) is 0 Å². The number of carbonyl (C=O) groups is 2. The summed E-state index contributed by atoms with van der Waals surface area (Å²) in [5, 5.41) is 8.62. The Bertz CT molecular complexity index is 623. The van der Waals surface area contributed by atoms with Crippen LogP contribution in [0.3, 0.4) is 0 Å². The van der Waals surface area contributed by atoms with Gasteiger partial charge in [0, 0.05) is 12.6 Å². The van der Waals surface area contributed by atoms with Gasteiger partial charge in [-0.2, -0.15) is 0 Å². The second-order valence-corrected chi connectivity index (χ2v) is 6.88. The maximum Gasteiger partial charge on any atom is 0.257 e. The molecular weight excluding hydrogens is 364 g/mol. The highest BCUT2D eigenvalue weighted by molar-refractivity contribution is 5.98. The summed E-state index contributed by atoms with van der Waals surface area (Å²) in [5.41, 5.74) is -0.673. The predicted molar refractivity (Wildman–Crippen MR) is 98.3 cm³/mol. The van der Waals surface area contributed by atoms with Crippen molar-refractivity contribution in [3.8, 4) is 0 Å². The largest absolute Gasteiger partial charge is 0.350 e. The molecule has 3 atom stereocenters. The van der Waals surface area contributed by atoms with Crippen molar-refractivity contribution in [3.63, 3.8) is 0 Å². The van der Waals surface area contributed by atoms with E-state index in [-0.39, 0.29) is 30.3 Å². The number of rotatable bonds is 5. The number of piperidine rings is 1. The average molecular weight is 390 g/mol. The van der Waals surface area contributed by atoms with E-state index in [1.807, 2.05) is 0 Å². The van der Waals surface area contributed by atoms with Gasteiger partial charge in [0.15, 0.2) is 0 Å². The third kappa shape index (κ3) is 5.38. The van der Waals surface area contributed by atoms with Gasteiger partial charge in [0.2, 0.25) is 5.91 Å². The number of hydrogen-bond donors (Lipinski definition) is 3. The Kier molecular flexibility index (Phi) is 8.43. The van der Waals surface area contributed by atoms with Crippen molar-refractivity contribution in [1.29, 1.82) is 0 Å². The standard InChI is InChI=1S/C18H25F2N3O2.ClH/c1-10(2)16(18(25)22-14-9-21-8-7-11(14)3)23-17(24)15-12(19)5-4-6-13(15)20;/h4-6,10-11,14,16,21H,7-9H2,1-3H3,(H,22,25)(H,23,24);1H. The molecule has 1 heterocycles. The topological polar surface area (TPSA) is 70.2 Å². The smallest absolute Gasteiger partial charge is 0.257 e. The molecule has 2 amide bonds. The number of halogens is 3. The first-order valence-corrected chi connectivity index (χ1v) is 8.57. The van der Waals surface area contributed by atoms with Crippen LogP contribution < -0.4 is 16.0 Å². The average Bonchev–Trinajstić information content (AvgIpc) is 2.54. The predicted octanol–water partition coefficient (Wildman–Crippen LogP) is 2.26. The Balaban J connectivity index is 0.00000338. The highest BCUT2D eigenvalue weighted by Gasteiger charge is 2.30. The Labute approximate surface area is 158 Å². The van der Waals surface area contributed by atoms with Gasteiger partial charge in [-0.15, -0.1) is 12.4 Å². The monoisotopic (exact) mass is 389 g/mol. The summed E-state index contributed by atoms with van der Waals surface area (Å²) in [6, 6.07) is 2.30. The van der Waals surface area contributed by atoms with Crippen molar-refractivity contribution in [2.45, 2.75) is 39.3 Å². The minimum absolute atomic E-state index is 0. The van der Waals surface area contributed by atoms with Crippen LogP contribution >= 0.6 is 12.4 Å². The van der Waals surface area contributed by atoms with Gasteiger partial charge in [-0.25, -0.2) is 8.78 Å². The second kappa shape index (κ2) is 9.83. The zero-order chi connectivity index (χ0) is 18.6. The Morgan fingerprint density at radius 1 is 1.23 bits per heavy atom. The van der Waals surface area contributed by atoms with E-state index >= 15 is 0 Å². The fourth-order valence-electron chi connectivity index (χ4n) is 2.92. The fourth-order valence-corrected chi connectivity index (χ4v) is 2.92. The summed E-state index contributed by atoms with van der Waals surface area (Å²) in [5.74, 6) is -3.10. The fraction of sp³-hybridized carbons (Fsp3) is 0.556. The van der Waals surface area contributed by atoms with E-state index in [1.165, 1.54) is 6.07 Å². The number of amides is 2.